The highest BCUT2D eigenvalue weighted by atomic mass is 16.6. The summed E-state index contributed by atoms with van der Waals surface area (Å²) in [4.78, 5) is 0. The van der Waals surface area contributed by atoms with Gasteiger partial charge in [0.15, 0.2) is 0 Å². The van der Waals surface area contributed by atoms with Crippen LogP contribution in [0.15, 0.2) is 42.7 Å². The second-order valence-corrected chi connectivity index (χ2v) is 5.12. The highest BCUT2D eigenvalue weighted by Crippen LogP contribution is 2.20. The average molecular weight is 276 g/mol. The molecule has 1 aliphatic rings. The second-order valence-electron chi connectivity index (χ2n) is 5.12. The third kappa shape index (κ3) is 4.36. The van der Waals surface area contributed by atoms with Gasteiger partial charge in [0.25, 0.3) is 0 Å². The maximum Gasteiger partial charge on any atom is 0.124 e. The molecule has 3 nitrogen and oxygen atoms in total. The van der Waals surface area contributed by atoms with Crippen LogP contribution in [0.4, 0.5) is 0 Å². The molecule has 0 spiro atoms. The van der Waals surface area contributed by atoms with Crippen molar-refractivity contribution in [3.05, 3.63) is 48.2 Å². The number of hydrogen-bond donors (Lipinski definition) is 0. The van der Waals surface area contributed by atoms with Crippen molar-refractivity contribution in [1.29, 1.82) is 0 Å². The summed E-state index contributed by atoms with van der Waals surface area (Å²) in [6, 6.07) is 10.2. The number of unbranched alkanes of at least 4 members (excludes halogenated alkanes) is 1. The molecule has 0 bridgehead atoms. The Balaban J connectivity index is 1.89. The Bertz CT molecular complexity index is 402. The summed E-state index contributed by atoms with van der Waals surface area (Å²) in [6.45, 7) is 5.54. The van der Waals surface area contributed by atoms with Gasteiger partial charge in [-0.05, 0) is 25.0 Å². The molecule has 0 radical (unpaired) electrons. The molecular weight excluding hydrogens is 252 g/mol. The SMILES string of the molecule is CCCCO[C@@H]1[C@H](C)OC=C[C@@H]1OCc1ccccc1. The summed E-state index contributed by atoms with van der Waals surface area (Å²) >= 11 is 0. The van der Waals surface area contributed by atoms with E-state index in [0.29, 0.717) is 6.61 Å². The third-order valence-corrected chi connectivity index (χ3v) is 3.44. The van der Waals surface area contributed by atoms with E-state index in [4.69, 9.17) is 14.2 Å². The molecule has 0 saturated heterocycles. The van der Waals surface area contributed by atoms with Gasteiger partial charge in [0.2, 0.25) is 0 Å². The lowest BCUT2D eigenvalue weighted by Gasteiger charge is -2.32. The van der Waals surface area contributed by atoms with E-state index in [1.807, 2.05) is 31.2 Å². The molecule has 0 unspecified atom stereocenters. The van der Waals surface area contributed by atoms with Gasteiger partial charge in [-0.25, -0.2) is 0 Å². The lowest BCUT2D eigenvalue weighted by atomic mass is 10.1. The molecule has 0 aromatic heterocycles. The quantitative estimate of drug-likeness (QED) is 0.711. The normalized spacial score (nSPS) is 25.4. The summed E-state index contributed by atoms with van der Waals surface area (Å²) in [5.74, 6) is 0. The van der Waals surface area contributed by atoms with Crippen LogP contribution in [0.5, 0.6) is 0 Å². The van der Waals surface area contributed by atoms with Crippen molar-refractivity contribution in [2.24, 2.45) is 0 Å². The van der Waals surface area contributed by atoms with Crippen molar-refractivity contribution in [2.45, 2.75) is 51.6 Å². The van der Waals surface area contributed by atoms with Crippen LogP contribution < -0.4 is 0 Å². The predicted molar refractivity (Wildman–Crippen MR) is 79.4 cm³/mol. The number of benzene rings is 1. The van der Waals surface area contributed by atoms with Gasteiger partial charge in [-0.3, -0.25) is 0 Å². The molecule has 0 aliphatic carbocycles. The second kappa shape index (κ2) is 8.08. The molecule has 3 atom stereocenters. The monoisotopic (exact) mass is 276 g/mol. The van der Waals surface area contributed by atoms with E-state index in [1.165, 1.54) is 5.56 Å². The molecule has 0 saturated carbocycles. The molecule has 1 aromatic carbocycles. The third-order valence-electron chi connectivity index (χ3n) is 3.44. The van der Waals surface area contributed by atoms with Crippen molar-refractivity contribution in [3.63, 3.8) is 0 Å². The summed E-state index contributed by atoms with van der Waals surface area (Å²) in [5.41, 5.74) is 1.17. The minimum atomic E-state index is -0.0455. The molecule has 110 valence electrons. The number of hydrogen-bond acceptors (Lipinski definition) is 3. The standard InChI is InChI=1S/C17H24O3/c1-3-4-11-19-17-14(2)18-12-10-16(17)20-13-15-8-6-5-7-9-15/h5-10,12,14,16-17H,3-4,11,13H2,1-2H3/t14-,16-,17+/m0/s1. The van der Waals surface area contributed by atoms with Crippen LogP contribution in [0.25, 0.3) is 0 Å². The summed E-state index contributed by atoms with van der Waals surface area (Å²) in [6.07, 6.45) is 5.81. The van der Waals surface area contributed by atoms with Crippen LogP contribution in [-0.4, -0.2) is 24.9 Å². The van der Waals surface area contributed by atoms with Crippen molar-refractivity contribution < 1.29 is 14.2 Å². The van der Waals surface area contributed by atoms with Gasteiger partial charge in [-0.1, -0.05) is 43.7 Å². The van der Waals surface area contributed by atoms with Crippen molar-refractivity contribution in [2.75, 3.05) is 6.61 Å². The van der Waals surface area contributed by atoms with Crippen molar-refractivity contribution in [3.8, 4) is 0 Å². The van der Waals surface area contributed by atoms with Gasteiger partial charge in [-0.15, -0.1) is 0 Å². The van der Waals surface area contributed by atoms with Crippen LogP contribution in [0, 0.1) is 0 Å². The molecule has 1 heterocycles. The lowest BCUT2D eigenvalue weighted by Crippen LogP contribution is -2.42. The van der Waals surface area contributed by atoms with Gasteiger partial charge >= 0.3 is 0 Å². The Morgan fingerprint density at radius 1 is 1.15 bits per heavy atom. The molecule has 20 heavy (non-hydrogen) atoms. The topological polar surface area (TPSA) is 27.7 Å². The molecule has 0 amide bonds. The average Bonchev–Trinajstić information content (AvgIpc) is 2.48. The van der Waals surface area contributed by atoms with Gasteiger partial charge in [0.1, 0.15) is 18.3 Å². The Hall–Kier alpha value is -1.32. The van der Waals surface area contributed by atoms with E-state index >= 15 is 0 Å². The van der Waals surface area contributed by atoms with Crippen LogP contribution in [0.1, 0.15) is 32.3 Å². The minimum absolute atomic E-state index is 0.0256. The Morgan fingerprint density at radius 2 is 1.95 bits per heavy atom. The zero-order valence-corrected chi connectivity index (χ0v) is 12.3. The fourth-order valence-electron chi connectivity index (χ4n) is 2.21. The van der Waals surface area contributed by atoms with Gasteiger partial charge in [0.05, 0.1) is 12.9 Å². The molecule has 0 fully saturated rings. The first kappa shape index (κ1) is 15.1. The predicted octanol–water partition coefficient (Wildman–Crippen LogP) is 3.69. The zero-order valence-electron chi connectivity index (χ0n) is 12.3. The smallest absolute Gasteiger partial charge is 0.124 e. The molecular formula is C17H24O3. The molecule has 1 aromatic rings. The minimum Gasteiger partial charge on any atom is -0.496 e. The Labute approximate surface area is 121 Å². The maximum absolute atomic E-state index is 5.99. The Morgan fingerprint density at radius 3 is 2.70 bits per heavy atom. The van der Waals surface area contributed by atoms with Gasteiger partial charge < -0.3 is 14.2 Å². The summed E-state index contributed by atoms with van der Waals surface area (Å²) < 4.78 is 17.4. The van der Waals surface area contributed by atoms with Crippen LogP contribution in [0.2, 0.25) is 0 Å². The maximum atomic E-state index is 5.99. The van der Waals surface area contributed by atoms with Crippen LogP contribution in [-0.2, 0) is 20.8 Å². The van der Waals surface area contributed by atoms with Crippen LogP contribution in [0.3, 0.4) is 0 Å². The van der Waals surface area contributed by atoms with Gasteiger partial charge in [-0.2, -0.15) is 0 Å². The highest BCUT2D eigenvalue weighted by molar-refractivity contribution is 5.13. The molecule has 3 heteroatoms. The first-order valence-corrected chi connectivity index (χ1v) is 7.40. The lowest BCUT2D eigenvalue weighted by molar-refractivity contribution is -0.119. The zero-order chi connectivity index (χ0) is 14.2. The van der Waals surface area contributed by atoms with Gasteiger partial charge in [0, 0.05) is 6.61 Å². The highest BCUT2D eigenvalue weighted by Gasteiger charge is 2.30. The Kier molecular flexibility index (Phi) is 6.09. The molecule has 2 rings (SSSR count). The fourth-order valence-corrected chi connectivity index (χ4v) is 2.21. The van der Waals surface area contributed by atoms with E-state index in [9.17, 15) is 0 Å². The summed E-state index contributed by atoms with van der Waals surface area (Å²) in [5, 5.41) is 0. The molecule has 1 aliphatic heterocycles. The van der Waals surface area contributed by atoms with Crippen LogP contribution >= 0.6 is 0 Å². The largest absolute Gasteiger partial charge is 0.496 e. The van der Waals surface area contributed by atoms with E-state index in [1.54, 1.807) is 6.26 Å². The number of rotatable bonds is 7. The van der Waals surface area contributed by atoms with Crippen molar-refractivity contribution in [1.82, 2.24) is 0 Å². The number of ether oxygens (including phenoxy) is 3. The first-order valence-electron chi connectivity index (χ1n) is 7.40. The van der Waals surface area contributed by atoms with E-state index < -0.39 is 0 Å². The fraction of sp³-hybridized carbons (Fsp3) is 0.529. The van der Waals surface area contributed by atoms with E-state index in [-0.39, 0.29) is 18.3 Å². The van der Waals surface area contributed by atoms with E-state index in [2.05, 4.69) is 19.1 Å². The summed E-state index contributed by atoms with van der Waals surface area (Å²) in [7, 11) is 0. The van der Waals surface area contributed by atoms with Crippen molar-refractivity contribution >= 4 is 0 Å². The molecule has 0 N–H and O–H groups in total. The first-order chi connectivity index (χ1) is 9.81. The van der Waals surface area contributed by atoms with E-state index in [0.717, 1.165) is 19.4 Å².